The van der Waals surface area contributed by atoms with Crippen LogP contribution < -0.4 is 5.32 Å². The van der Waals surface area contributed by atoms with Crippen molar-refractivity contribution in [2.75, 3.05) is 33.0 Å². The van der Waals surface area contributed by atoms with E-state index in [2.05, 4.69) is 50.3 Å². The van der Waals surface area contributed by atoms with Crippen molar-refractivity contribution in [2.45, 2.75) is 118 Å². The van der Waals surface area contributed by atoms with Gasteiger partial charge in [0, 0.05) is 94.6 Å². The molecule has 1 N–H and O–H groups in total. The molecule has 0 saturated heterocycles. The van der Waals surface area contributed by atoms with Crippen LogP contribution in [0.3, 0.4) is 0 Å². The summed E-state index contributed by atoms with van der Waals surface area (Å²) >= 11 is 7.56. The van der Waals surface area contributed by atoms with Gasteiger partial charge in [-0.25, -0.2) is 9.59 Å². The fraction of sp³-hybridized carbons (Fsp3) is 0.424. The van der Waals surface area contributed by atoms with E-state index in [0.29, 0.717) is 84.3 Å². The number of ether oxygens (including phenoxy) is 5. The van der Waals surface area contributed by atoms with Gasteiger partial charge in [-0.1, -0.05) is 91.3 Å². The molecule has 2 atom stereocenters. The Morgan fingerprint density at radius 3 is 1.35 bits per heavy atom. The predicted octanol–water partition coefficient (Wildman–Crippen LogP) is 10.00. The smallest absolute Gasteiger partial charge is 0.333 e. The van der Waals surface area contributed by atoms with Gasteiger partial charge in [0.25, 0.3) is 23.6 Å². The largest absolute Gasteiger partial charge is 0.463 e. The Balaban J connectivity index is 1.13. The Hall–Kier alpha value is -7.06. The third kappa shape index (κ3) is 13.0. The molecular weight excluding hydrogens is 1150 g/mol. The minimum Gasteiger partial charge on any atom is -0.463 e. The molecule has 5 amide bonds. The molecule has 79 heavy (non-hydrogen) atoms. The highest BCUT2D eigenvalue weighted by Crippen LogP contribution is 2.51. The van der Waals surface area contributed by atoms with E-state index in [0.717, 1.165) is 4.90 Å². The van der Waals surface area contributed by atoms with Crippen molar-refractivity contribution in [3.8, 4) is 0 Å². The quantitative estimate of drug-likeness (QED) is 0.0103. The first-order valence-corrected chi connectivity index (χ1v) is 27.7. The Morgan fingerprint density at radius 2 is 0.937 bits per heavy atom. The van der Waals surface area contributed by atoms with Crippen molar-refractivity contribution in [3.63, 3.8) is 0 Å². The number of benzene rings is 5. The summed E-state index contributed by atoms with van der Waals surface area (Å²) in [5.41, 5.74) is 1.19. The van der Waals surface area contributed by atoms with Gasteiger partial charge in [-0.05, 0) is 86.4 Å². The Kier molecular flexibility index (Phi) is 19.1. The molecule has 0 radical (unpaired) electrons. The number of amides is 5. The molecule has 0 saturated carbocycles. The van der Waals surface area contributed by atoms with E-state index in [-0.39, 0.29) is 77.2 Å². The Morgan fingerprint density at radius 1 is 0.519 bits per heavy atom. The minimum atomic E-state index is -1.21. The lowest BCUT2D eigenvalue weighted by Crippen LogP contribution is -2.50. The van der Waals surface area contributed by atoms with Crippen molar-refractivity contribution in [1.29, 1.82) is 0 Å². The lowest BCUT2D eigenvalue weighted by Gasteiger charge is -2.36. The fourth-order valence-corrected chi connectivity index (χ4v) is 11.4. The fourth-order valence-electron chi connectivity index (χ4n) is 10.2. The van der Waals surface area contributed by atoms with Crippen molar-refractivity contribution in [2.24, 2.45) is 11.8 Å². The number of unbranched alkanes of at least 4 members (excludes halogenated alkanes) is 2. The molecule has 5 aromatic carbocycles. The predicted molar refractivity (Wildman–Crippen MR) is 300 cm³/mol. The number of nitrogens with one attached hydrogen (secondary N) is 1. The maximum Gasteiger partial charge on any atom is 0.333 e. The van der Waals surface area contributed by atoms with E-state index in [1.807, 2.05) is 27.7 Å². The summed E-state index contributed by atoms with van der Waals surface area (Å²) in [5.74, 6) is -6.13. The highest BCUT2D eigenvalue weighted by Gasteiger charge is 2.42. The molecular formula is C59H63Br2N3O15. The second-order valence-electron chi connectivity index (χ2n) is 20.9. The summed E-state index contributed by atoms with van der Waals surface area (Å²) < 4.78 is 28.0. The van der Waals surface area contributed by atoms with Gasteiger partial charge >= 0.3 is 29.8 Å². The van der Waals surface area contributed by atoms with E-state index in [4.69, 9.17) is 23.7 Å². The summed E-state index contributed by atoms with van der Waals surface area (Å²) in [5, 5.41) is 7.41. The maximum atomic E-state index is 14.9. The normalized spacial score (nSPS) is 14.0. The molecule has 0 spiro atoms. The van der Waals surface area contributed by atoms with Crippen LogP contribution in [0, 0.1) is 11.8 Å². The molecule has 418 valence electrons. The molecule has 2 unspecified atom stereocenters. The molecule has 2 heterocycles. The summed E-state index contributed by atoms with van der Waals surface area (Å²) in [7, 11) is 0. The number of esters is 5. The van der Waals surface area contributed by atoms with Gasteiger partial charge in [0.05, 0.1) is 24.9 Å². The van der Waals surface area contributed by atoms with Gasteiger partial charge in [-0.3, -0.25) is 48.2 Å². The molecule has 0 aromatic heterocycles. The first-order valence-electron chi connectivity index (χ1n) is 26.2. The van der Waals surface area contributed by atoms with Crippen LogP contribution in [0.2, 0.25) is 0 Å². The molecule has 0 fully saturated rings. The molecule has 2 aliphatic heterocycles. The first-order chi connectivity index (χ1) is 37.4. The number of halogens is 2. The van der Waals surface area contributed by atoms with Crippen LogP contribution in [-0.4, -0.2) is 120 Å². The number of imide groups is 2. The number of nitrogens with zero attached hydrogens (tertiary/aromatic N) is 2. The third-order valence-electron chi connectivity index (χ3n) is 13.7. The second-order valence-corrected chi connectivity index (χ2v) is 22.6. The number of carbonyl (C=O) groups is 10. The van der Waals surface area contributed by atoms with Crippen LogP contribution in [0.25, 0.3) is 43.1 Å². The van der Waals surface area contributed by atoms with E-state index in [1.165, 1.54) is 25.7 Å². The zero-order chi connectivity index (χ0) is 57.7. The van der Waals surface area contributed by atoms with Crippen LogP contribution in [-0.2, 0) is 52.5 Å². The molecule has 20 heteroatoms. The van der Waals surface area contributed by atoms with Crippen LogP contribution in [0.5, 0.6) is 0 Å². The van der Waals surface area contributed by atoms with Crippen LogP contribution >= 0.6 is 31.9 Å². The Labute approximate surface area is 473 Å². The van der Waals surface area contributed by atoms with Crippen LogP contribution in [0.15, 0.2) is 69.6 Å². The van der Waals surface area contributed by atoms with Crippen molar-refractivity contribution in [3.05, 3.63) is 91.9 Å². The van der Waals surface area contributed by atoms with Crippen LogP contribution in [0.4, 0.5) is 0 Å². The van der Waals surface area contributed by atoms with Gasteiger partial charge in [-0.2, -0.15) is 0 Å². The summed E-state index contributed by atoms with van der Waals surface area (Å²) in [6.45, 7) is 18.1. The lowest BCUT2D eigenvalue weighted by atomic mass is 9.81. The highest BCUT2D eigenvalue weighted by molar-refractivity contribution is 9.11. The SMILES string of the molecule is C=C(C)C(=O)OCC(COC(=O)C(=C)C)OC(=O)CCC(=O)OCC(CC(C)C)N1C(=O)c2ccc3c4c(Br)cc5c6c(ccc(c7c(Br)cc(c2c37)C1=O)c64)C(=O)N(C(COC(=O)CCCCCNC(C)=O)CC(C)C)C5=O. The molecule has 5 aromatic rings. The minimum absolute atomic E-state index is 0.0292. The second kappa shape index (κ2) is 25.4. The van der Waals surface area contributed by atoms with Gasteiger partial charge in [0.2, 0.25) is 5.91 Å². The lowest BCUT2D eigenvalue weighted by molar-refractivity contribution is -0.165. The number of hydrogen-bond donors (Lipinski definition) is 1. The zero-order valence-electron chi connectivity index (χ0n) is 45.2. The van der Waals surface area contributed by atoms with E-state index < -0.39 is 97.7 Å². The van der Waals surface area contributed by atoms with Crippen molar-refractivity contribution >= 4 is 134 Å². The third-order valence-corrected chi connectivity index (χ3v) is 14.9. The van der Waals surface area contributed by atoms with Crippen LogP contribution in [0.1, 0.15) is 141 Å². The topological polar surface area (TPSA) is 235 Å². The van der Waals surface area contributed by atoms with Gasteiger partial charge in [0.1, 0.15) is 26.4 Å². The summed E-state index contributed by atoms with van der Waals surface area (Å²) in [4.78, 5) is 136. The highest BCUT2D eigenvalue weighted by atomic mass is 79.9. The van der Waals surface area contributed by atoms with Gasteiger partial charge < -0.3 is 29.0 Å². The summed E-state index contributed by atoms with van der Waals surface area (Å²) in [6.07, 6.45) is 0.619. The number of rotatable bonds is 26. The average molecular weight is 1210 g/mol. The number of fused-ring (bicyclic) bond motifs is 2. The number of hydrogen-bond acceptors (Lipinski definition) is 15. The monoisotopic (exact) mass is 1210 g/mol. The van der Waals surface area contributed by atoms with E-state index in [1.54, 1.807) is 36.4 Å². The van der Waals surface area contributed by atoms with Crippen molar-refractivity contribution in [1.82, 2.24) is 15.1 Å². The van der Waals surface area contributed by atoms with E-state index >= 15 is 0 Å². The van der Waals surface area contributed by atoms with Gasteiger partial charge in [0.15, 0.2) is 6.10 Å². The van der Waals surface area contributed by atoms with Gasteiger partial charge in [-0.15, -0.1) is 0 Å². The van der Waals surface area contributed by atoms with Crippen molar-refractivity contribution < 1.29 is 71.6 Å². The van der Waals surface area contributed by atoms with E-state index in [9.17, 15) is 47.9 Å². The zero-order valence-corrected chi connectivity index (χ0v) is 48.4. The molecule has 7 rings (SSSR count). The molecule has 18 nitrogen and oxygen atoms in total. The first kappa shape index (κ1) is 59.6. The summed E-state index contributed by atoms with van der Waals surface area (Å²) in [6, 6.07) is 8.56. The molecule has 2 aliphatic rings. The average Bonchev–Trinajstić information content (AvgIpc) is 3.44. The Bertz CT molecular complexity index is 3330. The number of carbonyl (C=O) groups excluding carboxylic acids is 10. The molecule has 0 aliphatic carbocycles. The standard InChI is InChI=1S/C59H63Br2N3O15/c1-29(2)21-34(25-75-45(66)13-11-10-12-20-62-33(9)65)63-54(69)39-16-14-37-51-44(61)24-42-49-40(17-15-38(53(49)51)50-43(60)23-41(56(63)71)48(39)52(37)50)55(70)64(57(42)72)35(22-30(3)4)26-76-46(67)18-19-47(68)79-36(27-77-58(73)31(5)6)28-78-59(74)32(7)8/h14-17,23-24,29-30,34-36H,5,7,10-13,18-22,25-28H2,1-4,6,8-9H3,(H,62,65). The molecule has 0 bridgehead atoms. The maximum absolute atomic E-state index is 14.9.